The number of ether oxygens (including phenoxy) is 1. The Kier molecular flexibility index (Phi) is 4.55. The van der Waals surface area contributed by atoms with Gasteiger partial charge in [-0.05, 0) is 6.54 Å². The Morgan fingerprint density at radius 2 is 2.22 bits per heavy atom. The number of hydrogen-bond acceptors (Lipinski definition) is 5. The first kappa shape index (κ1) is 13.7. The number of hydrogen-bond donors (Lipinski definition) is 2. The van der Waals surface area contributed by atoms with Gasteiger partial charge in [-0.3, -0.25) is 14.6 Å². The van der Waals surface area contributed by atoms with Crippen molar-refractivity contribution >= 4 is 5.97 Å². The Labute approximate surface area is 107 Å². The second kappa shape index (κ2) is 5.97. The second-order valence-electron chi connectivity index (χ2n) is 5.08. The molecule has 2 fully saturated rings. The zero-order valence-corrected chi connectivity index (χ0v) is 10.8. The van der Waals surface area contributed by atoms with E-state index in [1.807, 2.05) is 4.90 Å². The van der Waals surface area contributed by atoms with Crippen LogP contribution >= 0.6 is 0 Å². The number of aliphatic carboxylic acids is 1. The Bertz CT molecular complexity index is 300. The standard InChI is InChI=1S/C12H22N2O4/c1-2-13-3-4-18-10(7-13)8-14-6-9(15)5-11(14)12(16)17/h9-11,15H,2-8H2,1H3,(H,16,17). The van der Waals surface area contributed by atoms with Crippen molar-refractivity contribution in [2.45, 2.75) is 31.6 Å². The molecule has 104 valence electrons. The van der Waals surface area contributed by atoms with E-state index in [0.717, 1.165) is 19.6 Å². The van der Waals surface area contributed by atoms with E-state index in [1.165, 1.54) is 0 Å². The molecule has 0 bridgehead atoms. The highest BCUT2D eigenvalue weighted by Gasteiger charge is 2.37. The van der Waals surface area contributed by atoms with Gasteiger partial charge < -0.3 is 14.9 Å². The maximum Gasteiger partial charge on any atom is 0.321 e. The summed E-state index contributed by atoms with van der Waals surface area (Å²) in [5.74, 6) is -0.852. The van der Waals surface area contributed by atoms with Gasteiger partial charge >= 0.3 is 5.97 Å². The average Bonchev–Trinajstić information content (AvgIpc) is 2.70. The molecule has 2 rings (SSSR count). The predicted octanol–water partition coefficient (Wildman–Crippen LogP) is -0.773. The van der Waals surface area contributed by atoms with Gasteiger partial charge in [-0.15, -0.1) is 0 Å². The van der Waals surface area contributed by atoms with E-state index in [9.17, 15) is 9.90 Å². The average molecular weight is 258 g/mol. The number of likely N-dealkylation sites (tertiary alicyclic amines) is 1. The number of carbonyl (C=O) groups is 1. The molecule has 2 N–H and O–H groups in total. The van der Waals surface area contributed by atoms with Gasteiger partial charge in [-0.1, -0.05) is 6.92 Å². The molecule has 2 heterocycles. The van der Waals surface area contributed by atoms with E-state index < -0.39 is 18.1 Å². The van der Waals surface area contributed by atoms with Crippen LogP contribution in [0, 0.1) is 0 Å². The van der Waals surface area contributed by atoms with Gasteiger partial charge in [0.2, 0.25) is 0 Å². The summed E-state index contributed by atoms with van der Waals surface area (Å²) >= 11 is 0. The number of carboxylic acid groups (broad SMARTS) is 1. The SMILES string of the molecule is CCN1CCOC(CN2CC(O)CC2C(=O)O)C1. The molecule has 0 saturated carbocycles. The number of aliphatic hydroxyl groups excluding tert-OH is 1. The number of morpholine rings is 1. The van der Waals surface area contributed by atoms with Crippen molar-refractivity contribution in [3.05, 3.63) is 0 Å². The van der Waals surface area contributed by atoms with Crippen molar-refractivity contribution in [2.24, 2.45) is 0 Å². The third-order valence-corrected chi connectivity index (χ3v) is 3.77. The summed E-state index contributed by atoms with van der Waals surface area (Å²) in [5.41, 5.74) is 0. The molecule has 0 aromatic carbocycles. The minimum atomic E-state index is -0.852. The monoisotopic (exact) mass is 258 g/mol. The molecule has 3 unspecified atom stereocenters. The van der Waals surface area contributed by atoms with Crippen LogP contribution in [0.4, 0.5) is 0 Å². The number of nitrogens with zero attached hydrogens (tertiary/aromatic N) is 2. The Hall–Kier alpha value is -0.690. The fraction of sp³-hybridized carbons (Fsp3) is 0.917. The third kappa shape index (κ3) is 3.20. The van der Waals surface area contributed by atoms with Crippen LogP contribution < -0.4 is 0 Å². The normalized spacial score (nSPS) is 34.9. The minimum Gasteiger partial charge on any atom is -0.480 e. The number of carboxylic acids is 1. The Balaban J connectivity index is 1.89. The molecule has 0 amide bonds. The lowest BCUT2D eigenvalue weighted by atomic mass is 10.2. The number of rotatable bonds is 4. The highest BCUT2D eigenvalue weighted by molar-refractivity contribution is 5.74. The summed E-state index contributed by atoms with van der Waals surface area (Å²) < 4.78 is 5.68. The van der Waals surface area contributed by atoms with Crippen molar-refractivity contribution in [1.29, 1.82) is 0 Å². The molecule has 0 spiro atoms. The van der Waals surface area contributed by atoms with Crippen molar-refractivity contribution < 1.29 is 19.7 Å². The van der Waals surface area contributed by atoms with Gasteiger partial charge in [-0.25, -0.2) is 0 Å². The molecule has 18 heavy (non-hydrogen) atoms. The van der Waals surface area contributed by atoms with Gasteiger partial charge in [0.1, 0.15) is 6.04 Å². The quantitative estimate of drug-likeness (QED) is 0.689. The molecule has 2 aliphatic rings. The van der Waals surface area contributed by atoms with Crippen molar-refractivity contribution in [1.82, 2.24) is 9.80 Å². The van der Waals surface area contributed by atoms with Crippen molar-refractivity contribution in [3.8, 4) is 0 Å². The fourth-order valence-corrected chi connectivity index (χ4v) is 2.78. The third-order valence-electron chi connectivity index (χ3n) is 3.77. The molecular formula is C12H22N2O4. The molecule has 6 heteroatoms. The van der Waals surface area contributed by atoms with Crippen LogP contribution in [0.2, 0.25) is 0 Å². The molecule has 0 aromatic rings. The van der Waals surface area contributed by atoms with E-state index >= 15 is 0 Å². The van der Waals surface area contributed by atoms with E-state index in [1.54, 1.807) is 0 Å². The molecular weight excluding hydrogens is 236 g/mol. The second-order valence-corrected chi connectivity index (χ2v) is 5.08. The van der Waals surface area contributed by atoms with Gasteiger partial charge in [0.05, 0.1) is 18.8 Å². The number of aliphatic hydroxyl groups is 1. The number of likely N-dealkylation sites (N-methyl/N-ethyl adjacent to an activating group) is 1. The summed E-state index contributed by atoms with van der Waals surface area (Å²) in [4.78, 5) is 15.2. The maximum absolute atomic E-state index is 11.1. The van der Waals surface area contributed by atoms with E-state index in [-0.39, 0.29) is 6.10 Å². The first-order valence-electron chi connectivity index (χ1n) is 6.59. The van der Waals surface area contributed by atoms with Crippen LogP contribution in [0.3, 0.4) is 0 Å². The summed E-state index contributed by atoms with van der Waals surface area (Å²) in [6.45, 7) is 6.61. The maximum atomic E-state index is 11.1. The zero-order valence-electron chi connectivity index (χ0n) is 10.8. The van der Waals surface area contributed by atoms with Crippen LogP contribution in [-0.4, -0.2) is 83.6 Å². The smallest absolute Gasteiger partial charge is 0.321 e. The molecule has 0 aliphatic carbocycles. The van der Waals surface area contributed by atoms with Gasteiger partial charge in [-0.2, -0.15) is 0 Å². The van der Waals surface area contributed by atoms with Crippen LogP contribution in [0.1, 0.15) is 13.3 Å². The lowest BCUT2D eigenvalue weighted by molar-refractivity contribution is -0.143. The summed E-state index contributed by atoms with van der Waals surface area (Å²) in [6.07, 6.45) is -0.165. The lowest BCUT2D eigenvalue weighted by Gasteiger charge is -2.35. The Morgan fingerprint density at radius 1 is 1.44 bits per heavy atom. The zero-order chi connectivity index (χ0) is 13.1. The van der Waals surface area contributed by atoms with E-state index in [4.69, 9.17) is 9.84 Å². The molecule has 6 nitrogen and oxygen atoms in total. The highest BCUT2D eigenvalue weighted by atomic mass is 16.5. The molecule has 3 atom stereocenters. The summed E-state index contributed by atoms with van der Waals surface area (Å²) in [6, 6.07) is -0.569. The predicted molar refractivity (Wildman–Crippen MR) is 65.5 cm³/mol. The fourth-order valence-electron chi connectivity index (χ4n) is 2.78. The highest BCUT2D eigenvalue weighted by Crippen LogP contribution is 2.19. The number of β-amino-alcohol motifs (C(OH)–C–C–N with tert-alkyl or cyclic N) is 1. The largest absolute Gasteiger partial charge is 0.480 e. The summed E-state index contributed by atoms with van der Waals surface area (Å²) in [5, 5.41) is 18.7. The lowest BCUT2D eigenvalue weighted by Crippen LogP contribution is -2.49. The van der Waals surface area contributed by atoms with Crippen molar-refractivity contribution in [2.75, 3.05) is 39.3 Å². The van der Waals surface area contributed by atoms with E-state index in [2.05, 4.69) is 11.8 Å². The van der Waals surface area contributed by atoms with Crippen LogP contribution in [-0.2, 0) is 9.53 Å². The van der Waals surface area contributed by atoms with Crippen molar-refractivity contribution in [3.63, 3.8) is 0 Å². The molecule has 2 saturated heterocycles. The van der Waals surface area contributed by atoms with E-state index in [0.29, 0.717) is 26.1 Å². The minimum absolute atomic E-state index is 0.0471. The Morgan fingerprint density at radius 3 is 2.89 bits per heavy atom. The van der Waals surface area contributed by atoms with Gasteiger partial charge in [0.25, 0.3) is 0 Å². The molecule has 0 radical (unpaired) electrons. The van der Waals surface area contributed by atoms with Gasteiger partial charge in [0, 0.05) is 32.6 Å². The first-order valence-corrected chi connectivity index (χ1v) is 6.59. The first-order chi connectivity index (χ1) is 8.60. The molecule has 0 aromatic heterocycles. The van der Waals surface area contributed by atoms with Gasteiger partial charge in [0.15, 0.2) is 0 Å². The summed E-state index contributed by atoms with van der Waals surface area (Å²) in [7, 11) is 0. The van der Waals surface area contributed by atoms with Crippen LogP contribution in [0.25, 0.3) is 0 Å². The topological polar surface area (TPSA) is 73.2 Å². The van der Waals surface area contributed by atoms with Crippen LogP contribution in [0.15, 0.2) is 0 Å². The molecule has 2 aliphatic heterocycles. The van der Waals surface area contributed by atoms with Crippen LogP contribution in [0.5, 0.6) is 0 Å².